The summed E-state index contributed by atoms with van der Waals surface area (Å²) in [5.41, 5.74) is 10.9. The fourth-order valence-electron chi connectivity index (χ4n) is 5.67. The highest BCUT2D eigenvalue weighted by Gasteiger charge is 2.16. The lowest BCUT2D eigenvalue weighted by atomic mass is 9.99. The van der Waals surface area contributed by atoms with Gasteiger partial charge in [0.25, 0.3) is 0 Å². The summed E-state index contributed by atoms with van der Waals surface area (Å²) in [6, 6.07) is 51.0. The van der Waals surface area contributed by atoms with Crippen molar-refractivity contribution in [1.82, 2.24) is 9.55 Å². The van der Waals surface area contributed by atoms with Crippen LogP contribution in [0.5, 0.6) is 0 Å². The standard InChI is InChI=1S/C37H24N2O/c1-3-9-25(10-4-1)26-15-17-27(18-16-26)28-19-21-34-31(23-28)32-24-29(37-38-33-13-7-8-14-36(33)40-37)20-22-35(32)39(34)30-11-5-2-6-12-30/h1-24H. The number of aromatic nitrogens is 2. The molecule has 0 atom stereocenters. The zero-order valence-corrected chi connectivity index (χ0v) is 21.7. The zero-order chi connectivity index (χ0) is 26.5. The van der Waals surface area contributed by atoms with Crippen molar-refractivity contribution < 1.29 is 4.42 Å². The van der Waals surface area contributed by atoms with Crippen molar-refractivity contribution in [3.63, 3.8) is 0 Å². The summed E-state index contributed by atoms with van der Waals surface area (Å²) in [6.07, 6.45) is 0. The van der Waals surface area contributed by atoms with Crippen LogP contribution in [0.2, 0.25) is 0 Å². The van der Waals surface area contributed by atoms with Crippen LogP contribution in [0.3, 0.4) is 0 Å². The van der Waals surface area contributed by atoms with Crippen LogP contribution in [0.25, 0.3) is 72.3 Å². The van der Waals surface area contributed by atoms with Gasteiger partial charge in [-0.2, -0.15) is 0 Å². The Kier molecular flexibility index (Phi) is 5.14. The third kappa shape index (κ3) is 3.71. The van der Waals surface area contributed by atoms with Gasteiger partial charge in [-0.3, -0.25) is 0 Å². The van der Waals surface area contributed by atoms with Crippen molar-refractivity contribution in [3.05, 3.63) is 146 Å². The molecule has 8 aromatic rings. The SMILES string of the molecule is c1ccc(-c2ccc(-c3ccc4c(c3)c3cc(-c5nc6ccccc6o5)ccc3n4-c3ccccc3)cc2)cc1. The first kappa shape index (κ1) is 22.6. The maximum absolute atomic E-state index is 6.13. The second-order valence-corrected chi connectivity index (χ2v) is 10.1. The van der Waals surface area contributed by atoms with Gasteiger partial charge in [0.15, 0.2) is 5.58 Å². The number of hydrogen-bond acceptors (Lipinski definition) is 2. The van der Waals surface area contributed by atoms with Crippen molar-refractivity contribution in [1.29, 1.82) is 0 Å². The number of para-hydroxylation sites is 3. The highest BCUT2D eigenvalue weighted by molar-refractivity contribution is 6.11. The average molecular weight is 513 g/mol. The van der Waals surface area contributed by atoms with E-state index in [2.05, 4.69) is 126 Å². The van der Waals surface area contributed by atoms with Crippen molar-refractivity contribution in [2.45, 2.75) is 0 Å². The van der Waals surface area contributed by atoms with Gasteiger partial charge >= 0.3 is 0 Å². The molecule has 0 aliphatic rings. The molecule has 0 bridgehead atoms. The van der Waals surface area contributed by atoms with Gasteiger partial charge in [0, 0.05) is 22.0 Å². The number of benzene rings is 6. The van der Waals surface area contributed by atoms with E-state index in [1.807, 2.05) is 24.3 Å². The minimum atomic E-state index is 0.636. The van der Waals surface area contributed by atoms with Crippen LogP contribution in [-0.2, 0) is 0 Å². The summed E-state index contributed by atoms with van der Waals surface area (Å²) in [5.74, 6) is 0.636. The molecule has 0 radical (unpaired) electrons. The first-order valence-corrected chi connectivity index (χ1v) is 13.5. The summed E-state index contributed by atoms with van der Waals surface area (Å²) < 4.78 is 8.47. The minimum Gasteiger partial charge on any atom is -0.436 e. The number of rotatable bonds is 4. The molecule has 0 amide bonds. The maximum Gasteiger partial charge on any atom is 0.227 e. The lowest BCUT2D eigenvalue weighted by Gasteiger charge is -2.08. The third-order valence-electron chi connectivity index (χ3n) is 7.65. The smallest absolute Gasteiger partial charge is 0.227 e. The second-order valence-electron chi connectivity index (χ2n) is 10.1. The molecule has 0 spiro atoms. The van der Waals surface area contributed by atoms with Crippen LogP contribution < -0.4 is 0 Å². The van der Waals surface area contributed by atoms with Crippen molar-refractivity contribution in [2.75, 3.05) is 0 Å². The molecule has 8 rings (SSSR count). The molecule has 0 saturated heterocycles. The van der Waals surface area contributed by atoms with E-state index in [4.69, 9.17) is 9.40 Å². The summed E-state index contributed by atoms with van der Waals surface area (Å²) in [7, 11) is 0. The molecule has 2 aromatic heterocycles. The largest absolute Gasteiger partial charge is 0.436 e. The number of fused-ring (bicyclic) bond motifs is 4. The molecule has 40 heavy (non-hydrogen) atoms. The fourth-order valence-corrected chi connectivity index (χ4v) is 5.67. The summed E-state index contributed by atoms with van der Waals surface area (Å²) in [4.78, 5) is 4.76. The van der Waals surface area contributed by atoms with E-state index in [-0.39, 0.29) is 0 Å². The Labute approximate surface area is 231 Å². The van der Waals surface area contributed by atoms with Gasteiger partial charge in [-0.15, -0.1) is 0 Å². The Bertz CT molecular complexity index is 2100. The van der Waals surface area contributed by atoms with Crippen LogP contribution in [0.15, 0.2) is 150 Å². The number of nitrogens with zero attached hydrogens (tertiary/aromatic N) is 2. The fraction of sp³-hybridized carbons (Fsp3) is 0. The van der Waals surface area contributed by atoms with Gasteiger partial charge in [-0.1, -0.05) is 91.0 Å². The van der Waals surface area contributed by atoms with Gasteiger partial charge < -0.3 is 8.98 Å². The minimum absolute atomic E-state index is 0.636. The Morgan fingerprint density at radius 1 is 0.450 bits per heavy atom. The van der Waals surface area contributed by atoms with Crippen LogP contribution in [-0.4, -0.2) is 9.55 Å². The molecule has 0 aliphatic heterocycles. The van der Waals surface area contributed by atoms with Crippen LogP contribution >= 0.6 is 0 Å². The zero-order valence-electron chi connectivity index (χ0n) is 21.7. The van der Waals surface area contributed by atoms with Gasteiger partial charge in [0.2, 0.25) is 5.89 Å². The Balaban J connectivity index is 1.31. The van der Waals surface area contributed by atoms with E-state index < -0.39 is 0 Å². The first-order valence-electron chi connectivity index (χ1n) is 13.5. The Morgan fingerprint density at radius 3 is 1.68 bits per heavy atom. The topological polar surface area (TPSA) is 31.0 Å². The predicted octanol–water partition coefficient (Wildman–Crippen LogP) is 9.93. The number of oxazole rings is 1. The van der Waals surface area contributed by atoms with Crippen LogP contribution in [0.4, 0.5) is 0 Å². The lowest BCUT2D eigenvalue weighted by molar-refractivity contribution is 0.620. The van der Waals surface area contributed by atoms with E-state index in [1.54, 1.807) is 0 Å². The molecule has 3 heteroatoms. The quantitative estimate of drug-likeness (QED) is 0.235. The molecule has 0 unspecified atom stereocenters. The van der Waals surface area contributed by atoms with Crippen LogP contribution in [0, 0.1) is 0 Å². The van der Waals surface area contributed by atoms with Gasteiger partial charge in [-0.25, -0.2) is 4.98 Å². The summed E-state index contributed by atoms with van der Waals surface area (Å²) in [5, 5.41) is 2.36. The number of hydrogen-bond donors (Lipinski definition) is 0. The summed E-state index contributed by atoms with van der Waals surface area (Å²) >= 11 is 0. The van der Waals surface area contributed by atoms with Crippen LogP contribution in [0.1, 0.15) is 0 Å². The van der Waals surface area contributed by atoms with Gasteiger partial charge in [-0.05, 0) is 76.9 Å². The monoisotopic (exact) mass is 512 g/mol. The third-order valence-corrected chi connectivity index (χ3v) is 7.65. The molecular weight excluding hydrogens is 488 g/mol. The van der Waals surface area contributed by atoms with Gasteiger partial charge in [0.05, 0.1) is 11.0 Å². The average Bonchev–Trinajstić information content (AvgIpc) is 3.61. The van der Waals surface area contributed by atoms with E-state index >= 15 is 0 Å². The van der Waals surface area contributed by atoms with Crippen molar-refractivity contribution in [2.24, 2.45) is 0 Å². The van der Waals surface area contributed by atoms with Crippen molar-refractivity contribution >= 4 is 32.9 Å². The molecule has 6 aromatic carbocycles. The lowest BCUT2D eigenvalue weighted by Crippen LogP contribution is -1.93. The molecule has 0 N–H and O–H groups in total. The van der Waals surface area contributed by atoms with E-state index in [1.165, 1.54) is 38.5 Å². The second kappa shape index (κ2) is 9.11. The molecule has 3 nitrogen and oxygen atoms in total. The van der Waals surface area contributed by atoms with E-state index in [9.17, 15) is 0 Å². The molecule has 188 valence electrons. The Morgan fingerprint density at radius 2 is 0.975 bits per heavy atom. The maximum atomic E-state index is 6.13. The Hall–Kier alpha value is -5.41. The van der Waals surface area contributed by atoms with Gasteiger partial charge in [0.1, 0.15) is 5.52 Å². The van der Waals surface area contributed by atoms with E-state index in [0.717, 1.165) is 27.9 Å². The van der Waals surface area contributed by atoms with E-state index in [0.29, 0.717) is 5.89 Å². The molecule has 2 heterocycles. The first-order chi connectivity index (χ1) is 19.8. The molecular formula is C37H24N2O. The molecule has 0 saturated carbocycles. The normalized spacial score (nSPS) is 11.5. The highest BCUT2D eigenvalue weighted by Crippen LogP contribution is 2.37. The van der Waals surface area contributed by atoms with Crippen molar-refractivity contribution in [3.8, 4) is 39.4 Å². The predicted molar refractivity (Wildman–Crippen MR) is 165 cm³/mol. The highest BCUT2D eigenvalue weighted by atomic mass is 16.3. The summed E-state index contributed by atoms with van der Waals surface area (Å²) in [6.45, 7) is 0. The molecule has 0 fully saturated rings. The molecule has 0 aliphatic carbocycles.